The minimum Gasteiger partial charge on any atom is -0.508 e. The zero-order chi connectivity index (χ0) is 94.1. The van der Waals surface area contributed by atoms with Crippen LogP contribution in [0.5, 0.6) is 46.0 Å². The number of aliphatic hydroxyl groups excluding tert-OH is 15. The van der Waals surface area contributed by atoms with Gasteiger partial charge in [0.25, 0.3) is 5.91 Å². The molecule has 5 aromatic rings. The molecule has 2 saturated heterocycles. The van der Waals surface area contributed by atoms with E-state index < -0.39 is 341 Å². The monoisotopic (exact) mass is 1850 g/mol. The Hall–Kier alpha value is -10.1. The van der Waals surface area contributed by atoms with Gasteiger partial charge in [0, 0.05) is 42.2 Å². The fourth-order valence-electron chi connectivity index (χ4n) is 15.0. The molecule has 0 aromatic heterocycles. The number of aliphatic hydroxyl groups is 15. The number of ether oxygens (including phenoxy) is 7. The van der Waals surface area contributed by atoms with Gasteiger partial charge in [0.2, 0.25) is 59.3 Å². The van der Waals surface area contributed by atoms with Gasteiger partial charge in [0.05, 0.1) is 48.4 Å². The van der Waals surface area contributed by atoms with Crippen LogP contribution in [0.4, 0.5) is 0 Å². The fourth-order valence-corrected chi connectivity index (χ4v) is 15.4. The third-order valence-corrected chi connectivity index (χ3v) is 22.6. The van der Waals surface area contributed by atoms with Crippen molar-refractivity contribution in [2.75, 3.05) is 40.0 Å². The molecule has 0 aliphatic carbocycles. The third-order valence-electron chi connectivity index (χ3n) is 22.0. The van der Waals surface area contributed by atoms with Gasteiger partial charge in [-0.15, -0.1) is 0 Å². The van der Waals surface area contributed by atoms with Gasteiger partial charge in [-0.05, 0) is 122 Å². The second kappa shape index (κ2) is 43.1. The smallest absolute Gasteiger partial charge is 0.251 e. The zero-order valence-electron chi connectivity index (χ0n) is 69.1. The highest BCUT2D eigenvalue weighted by Gasteiger charge is 2.52. The van der Waals surface area contributed by atoms with Crippen molar-refractivity contribution in [1.82, 2.24) is 47.9 Å². The standard InChI is InChI=1S/C81H105Cl2N11O34/c1-6-50(102)81(4,85)25-52(104)126-70-64(110)62(108)49(28-97)125-80(70)128-69-46-20-33-21-47(69)123-45-13-10-32(19-38(45)83)60(106)58-77(120)92-56(73(116)87-14-7-15-88-78(121)66(112)65(111)68(43(101)26-95)127-79-67(113)63(109)61(107)48(27-96)124-79)36-22-34(98)23-42(100)53(36)35-17-30(8-11-41(35)99)54(74(117)94-58)91-75(118)55(33)90-72(115)40(24-51(84)103)89-76(119)57(93-71(114)39(86-5)16-29(2)3)59(105)31-9-12-44(122-46)37(82)18-31/h8-13,17-23,29,39-40,43,48-50,52,54-68,70,79-80,86,95-102,104-113H,6-7,14-16,24-28,85H2,1-5H3,(H2,84,103)(H,87,116)(H,88,121)(H,89,119)(H,90,115)(H,91,118)(H,92,120)(H,93,114)(H,94,117)/t39-,40+,43-,48?,49-,50-,52+,54-,55-,56+,57-,58+,59-,60-,61?,62+,63?,64?,65-,66-,67?,68-,70?,79?,80-,81-/m1/s1. The SMILES string of the molecule is CC[C@@H](O)[C@](C)(N)C[C@@H](O)OC1C(O)[C@@H](O)[C@@H](CO)O[C@@H]1Oc1c2cc3cc1Oc1ccc(cc1Cl)[C@@H](O)[C@@H](NC(=O)[C@@H](CC(C)C)NC)C(=O)N[C@@H](CC(N)=O)C(=O)N[C@H]3C(=O)N[C@H]1C(=O)N[C@H](C(=O)N[C@H](C(=O)NCCCNC(=O)[C@H](O)[C@@H](O)[C@H](OC3OC(CO)C(O)C(O)C3O)[C@H](O)CO)c3cc(O)cc(O)c3-c3cc1ccc3O)[C@H](O)c1ccc(c(Cl)c1)O2. The molecule has 702 valence electrons. The van der Waals surface area contributed by atoms with E-state index in [2.05, 4.69) is 47.9 Å². The summed E-state index contributed by atoms with van der Waals surface area (Å²) in [7, 11) is 1.44. The van der Waals surface area contributed by atoms with Crippen LogP contribution in [0.25, 0.3) is 11.1 Å². The number of likely N-dealkylation sites (N-methyl/N-ethyl adjacent to an activating group) is 1. The summed E-state index contributed by atoms with van der Waals surface area (Å²) < 4.78 is 42.5. The van der Waals surface area contributed by atoms with Gasteiger partial charge < -0.3 is 184 Å². The molecule has 7 unspecified atom stereocenters. The number of amides is 9. The van der Waals surface area contributed by atoms with Crippen LogP contribution in [0.1, 0.15) is 118 Å². The van der Waals surface area contributed by atoms with Crippen molar-refractivity contribution < 1.29 is 168 Å². The Morgan fingerprint density at radius 1 is 0.617 bits per heavy atom. The first-order chi connectivity index (χ1) is 60.4. The van der Waals surface area contributed by atoms with Crippen LogP contribution >= 0.6 is 23.2 Å². The number of nitrogens with two attached hydrogens (primary N) is 2. The average Bonchev–Trinajstić information content (AvgIpc) is 0.767. The summed E-state index contributed by atoms with van der Waals surface area (Å²) in [5.41, 5.74) is 7.30. The van der Waals surface area contributed by atoms with Gasteiger partial charge in [0.1, 0.15) is 138 Å². The average molecular weight is 1850 g/mol. The van der Waals surface area contributed by atoms with E-state index in [4.69, 9.17) is 67.8 Å². The maximum atomic E-state index is 16.3. The molecule has 7 heterocycles. The highest BCUT2D eigenvalue weighted by molar-refractivity contribution is 6.32. The summed E-state index contributed by atoms with van der Waals surface area (Å²) in [4.78, 5) is 134. The van der Waals surface area contributed by atoms with Crippen LogP contribution in [-0.2, 0) is 62.1 Å². The summed E-state index contributed by atoms with van der Waals surface area (Å²) in [6.07, 6.45) is -38.8. The quantitative estimate of drug-likeness (QED) is 0.0156. The largest absolute Gasteiger partial charge is 0.508 e. The van der Waals surface area contributed by atoms with Crippen LogP contribution < -0.4 is 73.5 Å². The third kappa shape index (κ3) is 23.0. The van der Waals surface area contributed by atoms with E-state index in [0.29, 0.717) is 0 Å². The molecule has 45 nitrogen and oxygen atoms in total. The highest BCUT2D eigenvalue weighted by Crippen LogP contribution is 2.50. The summed E-state index contributed by atoms with van der Waals surface area (Å²) in [6.45, 7) is 2.33. The molecule has 11 bridgehead atoms. The Morgan fingerprint density at radius 3 is 1.78 bits per heavy atom. The molecule has 5 aromatic carbocycles. The van der Waals surface area contributed by atoms with Crippen LogP contribution in [-0.4, -0.2) is 313 Å². The lowest BCUT2D eigenvalue weighted by molar-refractivity contribution is -0.326. The molecule has 0 saturated carbocycles. The van der Waals surface area contributed by atoms with Crippen LogP contribution in [0.2, 0.25) is 10.0 Å². The predicted octanol–water partition coefficient (Wildman–Crippen LogP) is -6.11. The van der Waals surface area contributed by atoms with E-state index in [9.17, 15) is 111 Å². The number of fused-ring (bicyclic) bond motifs is 15. The Morgan fingerprint density at radius 2 is 1.20 bits per heavy atom. The van der Waals surface area contributed by atoms with Gasteiger partial charge in [-0.3, -0.25) is 43.2 Å². The minimum atomic E-state index is -2.54. The Bertz CT molecular complexity index is 4850. The number of halogens is 2. The number of phenols is 3. The van der Waals surface area contributed by atoms with E-state index in [1.165, 1.54) is 20.0 Å². The molecule has 9 amide bonds. The van der Waals surface area contributed by atoms with E-state index >= 15 is 24.0 Å². The Labute approximate surface area is 738 Å². The van der Waals surface area contributed by atoms with Gasteiger partial charge in [-0.1, -0.05) is 62.2 Å². The molecular formula is C81H105Cl2N11O34. The van der Waals surface area contributed by atoms with Gasteiger partial charge in [-0.2, -0.15) is 0 Å². The van der Waals surface area contributed by atoms with Crippen molar-refractivity contribution in [3.05, 3.63) is 117 Å². The Kier molecular flexibility index (Phi) is 33.7. The topological polar surface area (TPSA) is 743 Å². The predicted molar refractivity (Wildman–Crippen MR) is 438 cm³/mol. The van der Waals surface area contributed by atoms with Crippen molar-refractivity contribution >= 4 is 76.4 Å². The number of carbonyl (C=O) groups is 9. The summed E-state index contributed by atoms with van der Waals surface area (Å²) >= 11 is 14.2. The second-order valence-corrected chi connectivity index (χ2v) is 32.8. The van der Waals surface area contributed by atoms with Crippen molar-refractivity contribution in [3.8, 4) is 57.1 Å². The lowest BCUT2D eigenvalue weighted by atomic mass is 9.89. The molecule has 128 heavy (non-hydrogen) atoms. The highest BCUT2D eigenvalue weighted by atomic mass is 35.5. The first-order valence-corrected chi connectivity index (χ1v) is 41.1. The second-order valence-electron chi connectivity index (χ2n) is 32.0. The number of benzene rings is 5. The van der Waals surface area contributed by atoms with E-state index in [1.54, 1.807) is 20.8 Å². The molecule has 31 N–H and O–H groups in total. The number of primary amides is 1. The van der Waals surface area contributed by atoms with Crippen molar-refractivity contribution in [2.45, 2.75) is 218 Å². The number of carbonyl (C=O) groups excluding carboxylic acids is 9. The number of hydrogen-bond donors (Lipinski definition) is 29. The van der Waals surface area contributed by atoms with E-state index in [-0.39, 0.29) is 36.3 Å². The fraction of sp³-hybridized carbons (Fsp3) is 0.519. The van der Waals surface area contributed by atoms with Crippen molar-refractivity contribution in [3.63, 3.8) is 0 Å². The summed E-state index contributed by atoms with van der Waals surface area (Å²) in [6, 6.07) is -1.82. The number of nitrogens with one attached hydrogen (secondary N) is 9. The van der Waals surface area contributed by atoms with E-state index in [1.807, 2.05) is 0 Å². The molecule has 0 spiro atoms. The van der Waals surface area contributed by atoms with Crippen LogP contribution in [0.3, 0.4) is 0 Å². The lowest BCUT2D eigenvalue weighted by Gasteiger charge is -2.43. The molecule has 26 atom stereocenters. The maximum absolute atomic E-state index is 16.3. The molecular weight excluding hydrogens is 1740 g/mol. The lowest BCUT2D eigenvalue weighted by Crippen LogP contribution is -2.62. The number of hydrogen-bond acceptors (Lipinski definition) is 36. The van der Waals surface area contributed by atoms with Gasteiger partial charge >= 0.3 is 0 Å². The summed E-state index contributed by atoms with van der Waals surface area (Å²) in [5, 5.41) is 221. The zero-order valence-corrected chi connectivity index (χ0v) is 70.6. The normalized spacial score (nSPS) is 27.7. The summed E-state index contributed by atoms with van der Waals surface area (Å²) in [5.74, 6) is -18.0. The minimum absolute atomic E-state index is 0.0777. The molecule has 47 heteroatoms. The molecule has 12 rings (SSSR count). The molecule has 7 aliphatic heterocycles. The van der Waals surface area contributed by atoms with Crippen molar-refractivity contribution in [2.24, 2.45) is 17.4 Å². The number of aromatic hydroxyl groups is 3. The molecule has 0 radical (unpaired) electrons. The first-order valence-electron chi connectivity index (χ1n) is 40.4. The maximum Gasteiger partial charge on any atom is 0.251 e. The van der Waals surface area contributed by atoms with Gasteiger partial charge in [0.15, 0.2) is 36.3 Å². The number of phenolic OH excluding ortho intramolecular Hbond substituents is 3. The van der Waals surface area contributed by atoms with Crippen LogP contribution in [0, 0.1) is 5.92 Å². The molecule has 7 aliphatic rings. The number of rotatable bonds is 29. The molecule has 2 fully saturated rings. The van der Waals surface area contributed by atoms with Crippen molar-refractivity contribution in [1.29, 1.82) is 0 Å². The van der Waals surface area contributed by atoms with E-state index in [0.717, 1.165) is 72.8 Å². The van der Waals surface area contributed by atoms with Crippen LogP contribution in [0.15, 0.2) is 78.9 Å². The van der Waals surface area contributed by atoms with Gasteiger partial charge in [-0.25, -0.2) is 0 Å². The first kappa shape index (κ1) is 100. The Balaban J connectivity index is 1.11.